The van der Waals surface area contributed by atoms with Gasteiger partial charge in [-0.05, 0) is 43.7 Å². The maximum Gasteiger partial charge on any atom is 0.319 e. The molecule has 0 aliphatic carbocycles. The molecular weight excluding hydrogens is 302 g/mol. The molecule has 1 atom stereocenters. The predicted molar refractivity (Wildman–Crippen MR) is 97.3 cm³/mol. The summed E-state index contributed by atoms with van der Waals surface area (Å²) >= 11 is 0. The van der Waals surface area contributed by atoms with Crippen LogP contribution in [0.2, 0.25) is 0 Å². The Morgan fingerprint density at radius 2 is 1.58 bits per heavy atom. The van der Waals surface area contributed by atoms with E-state index in [2.05, 4.69) is 10.6 Å². The number of urea groups is 1. The molecule has 5 nitrogen and oxygen atoms in total. The molecule has 0 fully saturated rings. The summed E-state index contributed by atoms with van der Waals surface area (Å²) in [5.41, 5.74) is 3.69. The summed E-state index contributed by atoms with van der Waals surface area (Å²) in [6.07, 6.45) is 0. The lowest BCUT2D eigenvalue weighted by Gasteiger charge is -2.17. The Morgan fingerprint density at radius 1 is 1.00 bits per heavy atom. The monoisotopic (exact) mass is 325 g/mol. The zero-order chi connectivity index (χ0) is 17.7. The fourth-order valence-corrected chi connectivity index (χ4v) is 2.25. The van der Waals surface area contributed by atoms with E-state index in [1.807, 2.05) is 38.1 Å². The van der Waals surface area contributed by atoms with Gasteiger partial charge in [-0.15, -0.1) is 0 Å². The van der Waals surface area contributed by atoms with Crippen LogP contribution in [0, 0.1) is 6.92 Å². The van der Waals surface area contributed by atoms with Gasteiger partial charge in [-0.3, -0.25) is 4.79 Å². The molecule has 0 aromatic heterocycles. The average molecular weight is 325 g/mol. The molecule has 5 heteroatoms. The second-order valence-corrected chi connectivity index (χ2v) is 5.86. The van der Waals surface area contributed by atoms with Crippen molar-refractivity contribution < 1.29 is 9.59 Å². The van der Waals surface area contributed by atoms with E-state index < -0.39 is 0 Å². The maximum absolute atomic E-state index is 12.1. The number of carbonyl (C=O) groups excluding carboxylic acids is 2. The van der Waals surface area contributed by atoms with Gasteiger partial charge in [0.05, 0.1) is 6.04 Å². The number of nitrogens with zero attached hydrogens (tertiary/aromatic N) is 1. The summed E-state index contributed by atoms with van der Waals surface area (Å²) in [5.74, 6) is -0.0413. The molecule has 0 saturated carbocycles. The Morgan fingerprint density at radius 3 is 2.12 bits per heavy atom. The van der Waals surface area contributed by atoms with Crippen molar-refractivity contribution in [3.8, 4) is 0 Å². The number of benzene rings is 2. The van der Waals surface area contributed by atoms with Crippen LogP contribution >= 0.6 is 0 Å². The van der Waals surface area contributed by atoms with E-state index in [-0.39, 0.29) is 18.0 Å². The lowest BCUT2D eigenvalue weighted by molar-refractivity contribution is -0.116. The minimum Gasteiger partial charge on any atom is -0.331 e. The first-order valence-electron chi connectivity index (χ1n) is 7.85. The van der Waals surface area contributed by atoms with Gasteiger partial charge < -0.3 is 15.5 Å². The highest BCUT2D eigenvalue weighted by Crippen LogP contribution is 2.17. The van der Waals surface area contributed by atoms with Crippen LogP contribution in [0.25, 0.3) is 0 Å². The van der Waals surface area contributed by atoms with Gasteiger partial charge in [-0.2, -0.15) is 0 Å². The number of hydrogen-bond acceptors (Lipinski definition) is 2. The molecule has 3 amide bonds. The number of amides is 3. The molecule has 24 heavy (non-hydrogen) atoms. The fraction of sp³-hybridized carbons (Fsp3) is 0.263. The molecule has 0 spiro atoms. The van der Waals surface area contributed by atoms with E-state index in [4.69, 9.17) is 0 Å². The van der Waals surface area contributed by atoms with Gasteiger partial charge in [0.2, 0.25) is 5.91 Å². The summed E-state index contributed by atoms with van der Waals surface area (Å²) in [5, 5.41) is 5.70. The number of nitrogens with one attached hydrogen (secondary N) is 2. The highest BCUT2D eigenvalue weighted by Gasteiger charge is 2.10. The zero-order valence-corrected chi connectivity index (χ0v) is 14.5. The van der Waals surface area contributed by atoms with Crippen molar-refractivity contribution in [3.63, 3.8) is 0 Å². The number of rotatable bonds is 4. The van der Waals surface area contributed by atoms with Crippen molar-refractivity contribution in [1.82, 2.24) is 5.32 Å². The molecule has 0 aliphatic rings. The van der Waals surface area contributed by atoms with Crippen molar-refractivity contribution in [2.24, 2.45) is 0 Å². The smallest absolute Gasteiger partial charge is 0.319 e. The fourth-order valence-electron chi connectivity index (χ4n) is 2.25. The molecule has 0 heterocycles. The van der Waals surface area contributed by atoms with Crippen LogP contribution in [0.4, 0.5) is 16.2 Å². The van der Waals surface area contributed by atoms with Crippen LogP contribution < -0.4 is 15.5 Å². The molecule has 2 N–H and O–H groups in total. The van der Waals surface area contributed by atoms with Crippen LogP contribution in [0.1, 0.15) is 31.0 Å². The Balaban J connectivity index is 1.94. The molecule has 1 unspecified atom stereocenters. The lowest BCUT2D eigenvalue weighted by Crippen LogP contribution is -2.31. The largest absolute Gasteiger partial charge is 0.331 e. The predicted octanol–water partition coefficient (Wildman–Crippen LogP) is 3.86. The normalized spacial score (nSPS) is 11.5. The number of anilines is 2. The summed E-state index contributed by atoms with van der Waals surface area (Å²) in [6, 6.07) is 14.8. The maximum atomic E-state index is 12.1. The zero-order valence-electron chi connectivity index (χ0n) is 14.5. The molecular formula is C19H23N3O2. The molecule has 0 saturated heterocycles. The first-order chi connectivity index (χ1) is 11.4. The standard InChI is InChI=1S/C19H23N3O2/c1-13-5-7-16(8-6-13)14(2)20-19(24)21-17-9-11-18(12-10-17)22(4)15(3)23/h5-12,14H,1-4H3,(H2,20,21,24). The van der Waals surface area contributed by atoms with Gasteiger partial charge >= 0.3 is 6.03 Å². The van der Waals surface area contributed by atoms with Crippen LogP contribution in [0.15, 0.2) is 48.5 Å². The van der Waals surface area contributed by atoms with Crippen molar-refractivity contribution in [1.29, 1.82) is 0 Å². The lowest BCUT2D eigenvalue weighted by atomic mass is 10.1. The third kappa shape index (κ3) is 4.59. The Labute approximate surface area is 142 Å². The third-order valence-electron chi connectivity index (χ3n) is 3.91. The summed E-state index contributed by atoms with van der Waals surface area (Å²) in [6.45, 7) is 5.48. The summed E-state index contributed by atoms with van der Waals surface area (Å²) < 4.78 is 0. The van der Waals surface area contributed by atoms with Gasteiger partial charge in [0, 0.05) is 25.3 Å². The topological polar surface area (TPSA) is 61.4 Å². The van der Waals surface area contributed by atoms with Gasteiger partial charge in [-0.25, -0.2) is 4.79 Å². The summed E-state index contributed by atoms with van der Waals surface area (Å²) in [4.78, 5) is 25.0. The quantitative estimate of drug-likeness (QED) is 0.896. The molecule has 2 rings (SSSR count). The van der Waals surface area contributed by atoms with Crippen LogP contribution in [0.5, 0.6) is 0 Å². The van der Waals surface area contributed by atoms with Gasteiger partial charge in [0.15, 0.2) is 0 Å². The molecule has 0 aliphatic heterocycles. The molecule has 126 valence electrons. The third-order valence-corrected chi connectivity index (χ3v) is 3.91. The van der Waals surface area contributed by atoms with Crippen LogP contribution in [-0.2, 0) is 4.79 Å². The first kappa shape index (κ1) is 17.5. The number of aryl methyl sites for hydroxylation is 1. The Kier molecular flexibility index (Phi) is 5.58. The van der Waals surface area contributed by atoms with Gasteiger partial charge in [0.25, 0.3) is 0 Å². The highest BCUT2D eigenvalue weighted by molar-refractivity contribution is 5.92. The number of carbonyl (C=O) groups is 2. The minimum absolute atomic E-state index is 0.0413. The van der Waals surface area contributed by atoms with E-state index in [9.17, 15) is 9.59 Å². The van der Waals surface area contributed by atoms with Crippen LogP contribution in [0.3, 0.4) is 0 Å². The average Bonchev–Trinajstić information content (AvgIpc) is 2.55. The molecule has 0 radical (unpaired) electrons. The second-order valence-electron chi connectivity index (χ2n) is 5.86. The van der Waals surface area contributed by atoms with E-state index in [1.54, 1.807) is 36.2 Å². The van der Waals surface area contributed by atoms with E-state index >= 15 is 0 Å². The van der Waals surface area contributed by atoms with Crippen LogP contribution in [-0.4, -0.2) is 19.0 Å². The van der Waals surface area contributed by atoms with Gasteiger partial charge in [0.1, 0.15) is 0 Å². The molecule has 0 bridgehead atoms. The van der Waals surface area contributed by atoms with Crippen molar-refractivity contribution in [2.75, 3.05) is 17.3 Å². The second kappa shape index (κ2) is 7.64. The van der Waals surface area contributed by atoms with E-state index in [0.29, 0.717) is 5.69 Å². The first-order valence-corrected chi connectivity index (χ1v) is 7.85. The van der Waals surface area contributed by atoms with E-state index in [0.717, 1.165) is 11.3 Å². The van der Waals surface area contributed by atoms with Crippen molar-refractivity contribution >= 4 is 23.3 Å². The molecule has 2 aromatic carbocycles. The highest BCUT2D eigenvalue weighted by atomic mass is 16.2. The van der Waals surface area contributed by atoms with E-state index in [1.165, 1.54) is 12.5 Å². The number of hydrogen-bond donors (Lipinski definition) is 2. The SMILES string of the molecule is CC(=O)N(C)c1ccc(NC(=O)NC(C)c2ccc(C)cc2)cc1. The molecule has 2 aromatic rings. The minimum atomic E-state index is -0.268. The van der Waals surface area contributed by atoms with Crippen molar-refractivity contribution in [3.05, 3.63) is 59.7 Å². The Bertz CT molecular complexity index is 708. The Hall–Kier alpha value is -2.82. The van der Waals surface area contributed by atoms with Gasteiger partial charge in [-0.1, -0.05) is 29.8 Å². The summed E-state index contributed by atoms with van der Waals surface area (Å²) in [7, 11) is 1.71. The van der Waals surface area contributed by atoms with Crippen molar-refractivity contribution in [2.45, 2.75) is 26.8 Å².